The number of rotatable bonds is 0. The van der Waals surface area contributed by atoms with Crippen LogP contribution in [0.1, 0.15) is 0 Å². The van der Waals surface area contributed by atoms with Crippen molar-refractivity contribution in [3.8, 4) is 0 Å². The summed E-state index contributed by atoms with van der Waals surface area (Å²) in [6.45, 7) is 23.8. The Morgan fingerprint density at radius 3 is 0.500 bits per heavy atom. The molecule has 0 atom stereocenters. The van der Waals surface area contributed by atoms with Crippen LogP contribution in [0.25, 0.3) is 0 Å². The summed E-state index contributed by atoms with van der Waals surface area (Å²) in [5.74, 6) is 0. The van der Waals surface area contributed by atoms with Crippen LogP contribution in [0.5, 0.6) is 0 Å². The van der Waals surface area contributed by atoms with Crippen molar-refractivity contribution in [1.29, 1.82) is 31.8 Å². The van der Waals surface area contributed by atoms with Crippen molar-refractivity contribution in [2.24, 2.45) is 0 Å². The molecule has 0 unspecified atom stereocenters. The Bertz CT molecular complexity index is 101. The molecule has 0 aliphatic rings. The van der Waals surface area contributed by atoms with Gasteiger partial charge in [-0.25, -0.2) is 0 Å². The first-order valence-electron chi connectivity index (χ1n) is 1.30. The predicted molar refractivity (Wildman–Crippen MR) is 27.3 cm³/mol. The molecule has 7 nitrogen and oxygen atoms in total. The predicted octanol–water partition coefficient (Wildman–Crippen LogP) is 0.373. The summed E-state index contributed by atoms with van der Waals surface area (Å²) >= 11 is 0. The topological polar surface area (TPSA) is 163 Å². The van der Waals surface area contributed by atoms with Crippen LogP contribution < -0.4 is 0 Å². The molecule has 0 heterocycles. The molecule has 0 amide bonds. The zero-order valence-corrected chi connectivity index (χ0v) is 8.42. The fraction of sp³-hybridized carbons (Fsp3) is 0. The summed E-state index contributed by atoms with van der Waals surface area (Å²) in [4.78, 5) is 0. The molecule has 14 heavy (non-hydrogen) atoms. The SMILES string of the molecule is N#[O+].[C-]#N.[C-]#N.[C-]#N.[C-]#N.[C-]#N.[Co+3].[Fe]. The molecular formula is C5CoFeN6O-. The molecule has 0 aliphatic carbocycles. The van der Waals surface area contributed by atoms with Gasteiger partial charge in [0.25, 0.3) is 0 Å². The molecule has 9 heteroatoms. The molecule has 0 saturated heterocycles. The van der Waals surface area contributed by atoms with E-state index < -0.39 is 0 Å². The maximum absolute atomic E-state index is 7.25. The fourth-order valence-corrected chi connectivity index (χ4v) is 0. The summed E-state index contributed by atoms with van der Waals surface area (Å²) in [5, 5.41) is 31.2. The van der Waals surface area contributed by atoms with E-state index in [1.54, 1.807) is 0 Å². The van der Waals surface area contributed by atoms with E-state index in [9.17, 15) is 0 Å². The first kappa shape index (κ1) is 87.8. The van der Waals surface area contributed by atoms with E-state index in [1.165, 1.54) is 0 Å². The monoisotopic (exact) mass is 275 g/mol. The van der Waals surface area contributed by atoms with Crippen LogP contribution in [0.3, 0.4) is 0 Å². The molecule has 0 saturated carbocycles. The van der Waals surface area contributed by atoms with Crippen molar-refractivity contribution in [1.82, 2.24) is 0 Å². The van der Waals surface area contributed by atoms with E-state index in [0.717, 1.165) is 0 Å². The van der Waals surface area contributed by atoms with Gasteiger partial charge >= 0.3 is 27.0 Å². The molecule has 0 fully saturated rings. The summed E-state index contributed by atoms with van der Waals surface area (Å²) < 4.78 is 7.25. The van der Waals surface area contributed by atoms with Crippen molar-refractivity contribution in [2.75, 3.05) is 0 Å². The van der Waals surface area contributed by atoms with E-state index >= 15 is 0 Å². The Kier molecular flexibility index (Phi) is 2090. The van der Waals surface area contributed by atoms with E-state index in [1.807, 2.05) is 0 Å². The molecule has 0 aliphatic heterocycles. The normalized spacial score (nSPS) is 0.857. The molecule has 0 bridgehead atoms. The zero-order valence-electron chi connectivity index (χ0n) is 6.28. The Hall–Kier alpha value is -1.85. The average molecular weight is 275 g/mol. The van der Waals surface area contributed by atoms with Crippen LogP contribution in [-0.4, -0.2) is 0 Å². The molecule has 0 N–H and O–H groups in total. The van der Waals surface area contributed by atoms with Gasteiger partial charge in [-0.1, -0.05) is 0 Å². The third-order valence-electron chi connectivity index (χ3n) is 0. The van der Waals surface area contributed by atoms with Crippen LogP contribution in [-0.2, 0) is 38.6 Å². The van der Waals surface area contributed by atoms with Crippen molar-refractivity contribution < 1.29 is 38.6 Å². The van der Waals surface area contributed by atoms with Crippen LogP contribution in [0.4, 0.5) is 0 Å². The van der Waals surface area contributed by atoms with E-state index in [-0.39, 0.29) is 33.8 Å². The third-order valence-corrected chi connectivity index (χ3v) is 0. The zero-order chi connectivity index (χ0) is 12.0. The third kappa shape index (κ3) is 247. The first-order chi connectivity index (χ1) is 6.00. The van der Waals surface area contributed by atoms with Crippen molar-refractivity contribution in [2.45, 2.75) is 0 Å². The molecule has 0 aromatic carbocycles. The van der Waals surface area contributed by atoms with Crippen molar-refractivity contribution in [3.05, 3.63) is 32.9 Å². The largest absolute Gasteiger partial charge is 3.00 e. The Labute approximate surface area is 103 Å². The standard InChI is InChI=1S/5CN.Co.Fe.NO/c5*1-2;;;1-2/q5*-1;+3;;+1. The first-order valence-corrected chi connectivity index (χ1v) is 1.30. The molecular weight excluding hydrogens is 275 g/mol. The van der Waals surface area contributed by atoms with Crippen LogP contribution in [0.15, 0.2) is 0 Å². The van der Waals surface area contributed by atoms with Gasteiger partial charge in [0.2, 0.25) is 0 Å². The maximum Gasteiger partial charge on any atom is 3.00 e. The smallest absolute Gasteiger partial charge is 0.512 e. The van der Waals surface area contributed by atoms with Gasteiger partial charge in [0.15, 0.2) is 0 Å². The quantitative estimate of drug-likeness (QED) is 0.352. The average Bonchev–Trinajstić information content (AvgIpc) is 2.33. The summed E-state index contributed by atoms with van der Waals surface area (Å²) in [6, 6.07) is 0. The minimum absolute atomic E-state index is 0. The number of hydrogen-bond acceptors (Lipinski definition) is 6. The van der Waals surface area contributed by atoms with Crippen molar-refractivity contribution in [3.63, 3.8) is 0 Å². The van der Waals surface area contributed by atoms with Gasteiger partial charge in [0.05, 0.1) is 0 Å². The van der Waals surface area contributed by atoms with Gasteiger partial charge in [-0.15, -0.1) is 0 Å². The second-order valence-electron chi connectivity index (χ2n) is 0. The fourth-order valence-electron chi connectivity index (χ4n) is 0. The molecule has 0 aromatic rings. The Balaban J connectivity index is -0.00000000500. The molecule has 0 rings (SSSR count). The minimum atomic E-state index is 0. The van der Waals surface area contributed by atoms with Crippen LogP contribution >= 0.6 is 0 Å². The second kappa shape index (κ2) is 334. The maximum atomic E-state index is 7.25. The van der Waals surface area contributed by atoms with Crippen LogP contribution in [0.2, 0.25) is 0 Å². The van der Waals surface area contributed by atoms with Gasteiger partial charge < -0.3 is 59.2 Å². The van der Waals surface area contributed by atoms with Gasteiger partial charge in [-0.3, -0.25) is 0 Å². The van der Waals surface area contributed by atoms with Crippen molar-refractivity contribution >= 4 is 0 Å². The van der Waals surface area contributed by atoms with Crippen LogP contribution in [0, 0.1) is 64.6 Å². The van der Waals surface area contributed by atoms with Gasteiger partial charge in [-0.05, 0) is 0 Å². The van der Waals surface area contributed by atoms with Gasteiger partial charge in [-0.2, -0.15) is 0 Å². The van der Waals surface area contributed by atoms with E-state index in [4.69, 9.17) is 69.4 Å². The number of nitrogens with zero attached hydrogens (tertiary/aromatic N) is 6. The minimum Gasteiger partial charge on any atom is -0.512 e. The molecule has 0 aromatic heterocycles. The summed E-state index contributed by atoms with van der Waals surface area (Å²) in [7, 11) is 0. The Morgan fingerprint density at radius 2 is 0.500 bits per heavy atom. The Morgan fingerprint density at radius 1 is 0.500 bits per heavy atom. The number of hydrogen-bond donors (Lipinski definition) is 0. The second-order valence-corrected chi connectivity index (χ2v) is 0. The van der Waals surface area contributed by atoms with E-state index in [2.05, 4.69) is 0 Å². The van der Waals surface area contributed by atoms with Gasteiger partial charge in [0.1, 0.15) is 0 Å². The molecule has 0 spiro atoms. The molecule has 0 radical (unpaired) electrons. The summed E-state index contributed by atoms with van der Waals surface area (Å²) in [6.07, 6.45) is 0. The van der Waals surface area contributed by atoms with E-state index in [0.29, 0.717) is 0 Å². The van der Waals surface area contributed by atoms with Gasteiger partial charge in [0, 0.05) is 17.1 Å². The molecule has 74 valence electrons. The summed E-state index contributed by atoms with van der Waals surface area (Å²) in [5.41, 5.74) is 5.75.